The number of pyridine rings is 1. The maximum Gasteiger partial charge on any atom is 0.0957 e. The van der Waals surface area contributed by atoms with Gasteiger partial charge in [0.1, 0.15) is 0 Å². The van der Waals surface area contributed by atoms with E-state index < -0.39 is 0 Å². The zero-order valence-corrected chi connectivity index (χ0v) is 8.27. The summed E-state index contributed by atoms with van der Waals surface area (Å²) in [5.74, 6) is 0. The standard InChI is InChI=1S/C9H14N2S/c1-3-8(10)7-4-5-9(12-2)11-6-7/h4-6,8H,3,10H2,1-2H3. The predicted molar refractivity (Wildman–Crippen MR) is 53.2 cm³/mol. The van der Waals surface area contributed by atoms with Crippen molar-refractivity contribution in [2.75, 3.05) is 6.26 Å². The lowest BCUT2D eigenvalue weighted by molar-refractivity contribution is 0.693. The van der Waals surface area contributed by atoms with Gasteiger partial charge in [-0.25, -0.2) is 4.98 Å². The van der Waals surface area contributed by atoms with E-state index in [1.807, 2.05) is 24.6 Å². The molecule has 0 fully saturated rings. The Hall–Kier alpha value is -0.540. The minimum absolute atomic E-state index is 0.133. The molecule has 0 aliphatic carbocycles. The third kappa shape index (κ3) is 2.22. The number of thioether (sulfide) groups is 1. The summed E-state index contributed by atoms with van der Waals surface area (Å²) < 4.78 is 0. The molecular formula is C9H14N2S. The van der Waals surface area contributed by atoms with Crippen molar-refractivity contribution in [3.63, 3.8) is 0 Å². The molecule has 0 bridgehead atoms. The first-order valence-electron chi connectivity index (χ1n) is 4.03. The number of nitrogens with zero attached hydrogens (tertiary/aromatic N) is 1. The fourth-order valence-corrected chi connectivity index (χ4v) is 1.33. The van der Waals surface area contributed by atoms with E-state index in [9.17, 15) is 0 Å². The van der Waals surface area contributed by atoms with Crippen LogP contribution in [-0.4, -0.2) is 11.2 Å². The number of nitrogens with two attached hydrogens (primary N) is 1. The van der Waals surface area contributed by atoms with Crippen LogP contribution < -0.4 is 5.73 Å². The molecule has 0 spiro atoms. The maximum absolute atomic E-state index is 5.84. The molecule has 3 heteroatoms. The second-order valence-corrected chi connectivity index (χ2v) is 3.48. The molecule has 0 saturated heterocycles. The molecule has 1 heterocycles. The van der Waals surface area contributed by atoms with Crippen LogP contribution in [0.15, 0.2) is 23.4 Å². The summed E-state index contributed by atoms with van der Waals surface area (Å²) in [5, 5.41) is 1.04. The van der Waals surface area contributed by atoms with Gasteiger partial charge in [0, 0.05) is 12.2 Å². The van der Waals surface area contributed by atoms with Gasteiger partial charge in [0.2, 0.25) is 0 Å². The van der Waals surface area contributed by atoms with E-state index in [0.29, 0.717) is 0 Å². The van der Waals surface area contributed by atoms with E-state index >= 15 is 0 Å². The molecule has 1 atom stereocenters. The predicted octanol–water partition coefficient (Wildman–Crippen LogP) is 2.21. The van der Waals surface area contributed by atoms with E-state index in [4.69, 9.17) is 5.73 Å². The molecule has 0 amide bonds. The molecule has 1 unspecified atom stereocenters. The van der Waals surface area contributed by atoms with Crippen molar-refractivity contribution in [2.24, 2.45) is 5.73 Å². The van der Waals surface area contributed by atoms with Gasteiger partial charge in [0.05, 0.1) is 5.03 Å². The normalized spacial score (nSPS) is 12.9. The zero-order valence-electron chi connectivity index (χ0n) is 7.45. The first-order chi connectivity index (χ1) is 5.77. The molecule has 66 valence electrons. The van der Waals surface area contributed by atoms with Crippen molar-refractivity contribution in [3.05, 3.63) is 23.9 Å². The van der Waals surface area contributed by atoms with Gasteiger partial charge in [-0.1, -0.05) is 13.0 Å². The number of aromatic nitrogens is 1. The van der Waals surface area contributed by atoms with E-state index in [2.05, 4.69) is 11.9 Å². The largest absolute Gasteiger partial charge is 0.324 e. The highest BCUT2D eigenvalue weighted by Gasteiger charge is 2.02. The maximum atomic E-state index is 5.84. The van der Waals surface area contributed by atoms with Crippen molar-refractivity contribution >= 4 is 11.8 Å². The highest BCUT2D eigenvalue weighted by molar-refractivity contribution is 7.98. The summed E-state index contributed by atoms with van der Waals surface area (Å²) in [6, 6.07) is 4.19. The second-order valence-electron chi connectivity index (χ2n) is 2.65. The molecule has 2 nitrogen and oxygen atoms in total. The Morgan fingerprint density at radius 1 is 1.58 bits per heavy atom. The fraction of sp³-hybridized carbons (Fsp3) is 0.444. The second kappa shape index (κ2) is 4.48. The Bertz CT molecular complexity index is 233. The summed E-state index contributed by atoms with van der Waals surface area (Å²) in [5.41, 5.74) is 6.96. The molecule has 1 rings (SSSR count). The van der Waals surface area contributed by atoms with Crippen LogP contribution in [0.5, 0.6) is 0 Å². The van der Waals surface area contributed by atoms with Crippen LogP contribution >= 0.6 is 11.8 Å². The van der Waals surface area contributed by atoms with Gasteiger partial charge >= 0.3 is 0 Å². The van der Waals surface area contributed by atoms with Crippen LogP contribution in [0, 0.1) is 0 Å². The van der Waals surface area contributed by atoms with Crippen LogP contribution in [0.3, 0.4) is 0 Å². The Morgan fingerprint density at radius 2 is 2.33 bits per heavy atom. The summed E-state index contributed by atoms with van der Waals surface area (Å²) in [7, 11) is 0. The van der Waals surface area contributed by atoms with Gasteiger partial charge in [-0.05, 0) is 24.3 Å². The summed E-state index contributed by atoms with van der Waals surface area (Å²) in [4.78, 5) is 4.25. The van der Waals surface area contributed by atoms with Crippen LogP contribution in [0.2, 0.25) is 0 Å². The fourth-order valence-electron chi connectivity index (χ4n) is 0.968. The molecule has 0 saturated carbocycles. The van der Waals surface area contributed by atoms with E-state index in [0.717, 1.165) is 17.0 Å². The summed E-state index contributed by atoms with van der Waals surface area (Å²) in [6.45, 7) is 2.08. The van der Waals surface area contributed by atoms with E-state index in [-0.39, 0.29) is 6.04 Å². The van der Waals surface area contributed by atoms with Crippen molar-refractivity contribution in [2.45, 2.75) is 24.4 Å². The molecule has 0 radical (unpaired) electrons. The number of hydrogen-bond donors (Lipinski definition) is 1. The molecule has 0 aromatic carbocycles. The average molecular weight is 182 g/mol. The first-order valence-corrected chi connectivity index (χ1v) is 5.26. The first kappa shape index (κ1) is 9.55. The lowest BCUT2D eigenvalue weighted by Crippen LogP contribution is -2.08. The summed E-state index contributed by atoms with van der Waals surface area (Å²) in [6.07, 6.45) is 4.84. The lowest BCUT2D eigenvalue weighted by Gasteiger charge is -2.07. The summed E-state index contributed by atoms with van der Waals surface area (Å²) >= 11 is 1.64. The average Bonchev–Trinajstić information content (AvgIpc) is 2.17. The topological polar surface area (TPSA) is 38.9 Å². The molecule has 0 aliphatic rings. The minimum atomic E-state index is 0.133. The van der Waals surface area contributed by atoms with Crippen molar-refractivity contribution < 1.29 is 0 Å². The van der Waals surface area contributed by atoms with Crippen LogP contribution in [0.4, 0.5) is 0 Å². The van der Waals surface area contributed by atoms with E-state index in [1.165, 1.54) is 0 Å². The quantitative estimate of drug-likeness (QED) is 0.728. The zero-order chi connectivity index (χ0) is 8.97. The van der Waals surface area contributed by atoms with Gasteiger partial charge in [0.25, 0.3) is 0 Å². The number of rotatable bonds is 3. The number of hydrogen-bond acceptors (Lipinski definition) is 3. The molecule has 1 aromatic rings. The monoisotopic (exact) mass is 182 g/mol. The molecule has 2 N–H and O–H groups in total. The molecule has 0 aliphatic heterocycles. The lowest BCUT2D eigenvalue weighted by atomic mass is 10.1. The Balaban J connectivity index is 2.77. The molecule has 12 heavy (non-hydrogen) atoms. The minimum Gasteiger partial charge on any atom is -0.324 e. The van der Waals surface area contributed by atoms with Crippen LogP contribution in [0.1, 0.15) is 24.9 Å². The van der Waals surface area contributed by atoms with Gasteiger partial charge in [0.15, 0.2) is 0 Å². The third-order valence-corrected chi connectivity index (χ3v) is 2.50. The Morgan fingerprint density at radius 3 is 2.75 bits per heavy atom. The van der Waals surface area contributed by atoms with Crippen molar-refractivity contribution in [1.29, 1.82) is 0 Å². The van der Waals surface area contributed by atoms with Gasteiger partial charge in [-0.15, -0.1) is 11.8 Å². The molecular weight excluding hydrogens is 168 g/mol. The van der Waals surface area contributed by atoms with Crippen LogP contribution in [-0.2, 0) is 0 Å². The van der Waals surface area contributed by atoms with Crippen molar-refractivity contribution in [1.82, 2.24) is 4.98 Å². The Kier molecular flexibility index (Phi) is 3.56. The smallest absolute Gasteiger partial charge is 0.0957 e. The van der Waals surface area contributed by atoms with Crippen molar-refractivity contribution in [3.8, 4) is 0 Å². The van der Waals surface area contributed by atoms with E-state index in [1.54, 1.807) is 11.8 Å². The Labute approximate surface area is 77.6 Å². The SMILES string of the molecule is CCC(N)c1ccc(SC)nc1. The molecule has 1 aromatic heterocycles. The highest BCUT2D eigenvalue weighted by Crippen LogP contribution is 2.16. The highest BCUT2D eigenvalue weighted by atomic mass is 32.2. The van der Waals surface area contributed by atoms with Crippen LogP contribution in [0.25, 0.3) is 0 Å². The van der Waals surface area contributed by atoms with Gasteiger partial charge in [-0.2, -0.15) is 0 Å². The van der Waals surface area contributed by atoms with Gasteiger partial charge in [-0.3, -0.25) is 0 Å². The third-order valence-electron chi connectivity index (χ3n) is 1.84. The van der Waals surface area contributed by atoms with Gasteiger partial charge < -0.3 is 5.73 Å².